The number of halogens is 1. The highest BCUT2D eigenvalue weighted by molar-refractivity contribution is 6.17. The second kappa shape index (κ2) is 13.9. The summed E-state index contributed by atoms with van der Waals surface area (Å²) in [7, 11) is 0. The van der Waals surface area contributed by atoms with Crippen LogP contribution in [0.3, 0.4) is 0 Å². The highest BCUT2D eigenvalue weighted by atomic mass is 35.5. The SMILES string of the molecule is CCCCCCC(O)CC#CCCCCCCl. The maximum Gasteiger partial charge on any atom is 0.0649 e. The van der Waals surface area contributed by atoms with Crippen molar-refractivity contribution in [3.05, 3.63) is 0 Å². The summed E-state index contributed by atoms with van der Waals surface area (Å²) in [5, 5.41) is 9.67. The summed E-state index contributed by atoms with van der Waals surface area (Å²) in [6.45, 7) is 2.20. The topological polar surface area (TPSA) is 20.2 Å². The van der Waals surface area contributed by atoms with E-state index in [1.54, 1.807) is 0 Å². The molecule has 0 radical (unpaired) electrons. The van der Waals surface area contributed by atoms with Crippen molar-refractivity contribution in [1.82, 2.24) is 0 Å². The van der Waals surface area contributed by atoms with Crippen molar-refractivity contribution in [1.29, 1.82) is 0 Å². The monoisotopic (exact) mass is 258 g/mol. The second-order valence-corrected chi connectivity index (χ2v) is 4.94. The average molecular weight is 259 g/mol. The lowest BCUT2D eigenvalue weighted by Gasteiger charge is -2.05. The third-order valence-corrected chi connectivity index (χ3v) is 3.06. The molecule has 100 valence electrons. The predicted molar refractivity (Wildman–Crippen MR) is 76.3 cm³/mol. The number of hydrogen-bond acceptors (Lipinski definition) is 1. The quantitative estimate of drug-likeness (QED) is 0.347. The van der Waals surface area contributed by atoms with Gasteiger partial charge in [0.15, 0.2) is 0 Å². The van der Waals surface area contributed by atoms with Gasteiger partial charge in [0.25, 0.3) is 0 Å². The van der Waals surface area contributed by atoms with E-state index < -0.39 is 0 Å². The minimum atomic E-state index is -0.220. The summed E-state index contributed by atoms with van der Waals surface area (Å²) < 4.78 is 0. The van der Waals surface area contributed by atoms with Crippen LogP contribution in [0.25, 0.3) is 0 Å². The van der Waals surface area contributed by atoms with Gasteiger partial charge in [0.05, 0.1) is 6.10 Å². The molecule has 0 aromatic carbocycles. The normalized spacial score (nSPS) is 11.9. The third kappa shape index (κ3) is 13.7. The Labute approximate surface area is 112 Å². The molecule has 0 spiro atoms. The average Bonchev–Trinajstić information content (AvgIpc) is 2.33. The Balaban J connectivity index is 3.30. The first-order valence-corrected chi connectivity index (χ1v) is 7.54. The fourth-order valence-corrected chi connectivity index (χ4v) is 1.86. The minimum Gasteiger partial charge on any atom is -0.392 e. The molecule has 1 nitrogen and oxygen atoms in total. The fourth-order valence-electron chi connectivity index (χ4n) is 1.67. The van der Waals surface area contributed by atoms with Crippen molar-refractivity contribution >= 4 is 11.6 Å². The van der Waals surface area contributed by atoms with Crippen molar-refractivity contribution in [3.63, 3.8) is 0 Å². The zero-order valence-electron chi connectivity index (χ0n) is 11.2. The van der Waals surface area contributed by atoms with E-state index >= 15 is 0 Å². The van der Waals surface area contributed by atoms with Crippen LogP contribution in [0.15, 0.2) is 0 Å². The van der Waals surface area contributed by atoms with E-state index in [0.29, 0.717) is 6.42 Å². The predicted octanol–water partition coefficient (Wildman–Crippen LogP) is 4.51. The van der Waals surface area contributed by atoms with E-state index in [-0.39, 0.29) is 6.10 Å². The van der Waals surface area contributed by atoms with Gasteiger partial charge in [-0.25, -0.2) is 0 Å². The molecular formula is C15H27ClO. The summed E-state index contributed by atoms with van der Waals surface area (Å²) >= 11 is 5.58. The third-order valence-electron chi connectivity index (χ3n) is 2.79. The van der Waals surface area contributed by atoms with Crippen molar-refractivity contribution in [2.45, 2.75) is 77.2 Å². The molecule has 0 aliphatic heterocycles. The molecule has 0 heterocycles. The number of alkyl halides is 1. The molecule has 0 saturated carbocycles. The molecule has 0 aliphatic rings. The Morgan fingerprint density at radius 1 is 1.00 bits per heavy atom. The number of rotatable bonds is 10. The van der Waals surface area contributed by atoms with Crippen LogP contribution in [-0.4, -0.2) is 17.1 Å². The van der Waals surface area contributed by atoms with Crippen LogP contribution < -0.4 is 0 Å². The van der Waals surface area contributed by atoms with Gasteiger partial charge in [-0.3, -0.25) is 0 Å². The molecular weight excluding hydrogens is 232 g/mol. The van der Waals surface area contributed by atoms with Gasteiger partial charge in [0.1, 0.15) is 0 Å². The fraction of sp³-hybridized carbons (Fsp3) is 0.867. The van der Waals surface area contributed by atoms with Gasteiger partial charge < -0.3 is 5.11 Å². The zero-order chi connectivity index (χ0) is 12.8. The second-order valence-electron chi connectivity index (χ2n) is 4.56. The van der Waals surface area contributed by atoms with Crippen LogP contribution in [0.1, 0.15) is 71.1 Å². The molecule has 0 fully saturated rings. The standard InChI is InChI=1S/C15H27ClO/c1-2-3-4-9-12-15(17)13-10-7-5-6-8-11-14-16/h15,17H,2-6,8-9,11-14H2,1H3. The number of hydrogen-bond donors (Lipinski definition) is 1. The highest BCUT2D eigenvalue weighted by Gasteiger charge is 2.00. The van der Waals surface area contributed by atoms with Gasteiger partial charge >= 0.3 is 0 Å². The van der Waals surface area contributed by atoms with E-state index in [1.807, 2.05) is 0 Å². The smallest absolute Gasteiger partial charge is 0.0649 e. The maximum atomic E-state index is 9.67. The largest absolute Gasteiger partial charge is 0.392 e. The lowest BCUT2D eigenvalue weighted by Crippen LogP contribution is -2.04. The minimum absolute atomic E-state index is 0.220. The van der Waals surface area contributed by atoms with Gasteiger partial charge in [-0.15, -0.1) is 23.4 Å². The van der Waals surface area contributed by atoms with Gasteiger partial charge in [-0.2, -0.15) is 0 Å². The van der Waals surface area contributed by atoms with E-state index in [4.69, 9.17) is 11.6 Å². The first-order valence-electron chi connectivity index (χ1n) is 7.01. The molecule has 1 unspecified atom stereocenters. The maximum absolute atomic E-state index is 9.67. The summed E-state index contributed by atoms with van der Waals surface area (Å²) in [4.78, 5) is 0. The van der Waals surface area contributed by atoms with Crippen molar-refractivity contribution < 1.29 is 5.11 Å². The molecule has 0 aliphatic carbocycles. The molecule has 0 bridgehead atoms. The Kier molecular flexibility index (Phi) is 13.7. The Morgan fingerprint density at radius 3 is 2.47 bits per heavy atom. The van der Waals surface area contributed by atoms with Crippen LogP contribution >= 0.6 is 11.6 Å². The molecule has 2 heteroatoms. The van der Waals surface area contributed by atoms with Crippen molar-refractivity contribution in [2.75, 3.05) is 5.88 Å². The van der Waals surface area contributed by atoms with E-state index in [9.17, 15) is 5.11 Å². The first-order chi connectivity index (χ1) is 8.31. The number of aliphatic hydroxyl groups is 1. The number of aliphatic hydroxyl groups excluding tert-OH is 1. The molecule has 0 aromatic rings. The van der Waals surface area contributed by atoms with Gasteiger partial charge in [-0.05, 0) is 19.3 Å². The van der Waals surface area contributed by atoms with E-state index in [2.05, 4.69) is 18.8 Å². The lowest BCUT2D eigenvalue weighted by atomic mass is 10.1. The molecule has 1 atom stereocenters. The van der Waals surface area contributed by atoms with Gasteiger partial charge in [0.2, 0.25) is 0 Å². The van der Waals surface area contributed by atoms with E-state index in [1.165, 1.54) is 19.3 Å². The van der Waals surface area contributed by atoms with Gasteiger partial charge in [-0.1, -0.05) is 39.0 Å². The Bertz CT molecular complexity index is 205. The number of unbranched alkanes of at least 4 members (excludes halogenated alkanes) is 6. The van der Waals surface area contributed by atoms with Crippen LogP contribution in [0.2, 0.25) is 0 Å². The molecule has 0 aromatic heterocycles. The summed E-state index contributed by atoms with van der Waals surface area (Å²) in [6, 6.07) is 0. The van der Waals surface area contributed by atoms with E-state index in [0.717, 1.165) is 44.4 Å². The van der Waals surface area contributed by atoms with Crippen LogP contribution in [0.5, 0.6) is 0 Å². The van der Waals surface area contributed by atoms with Crippen molar-refractivity contribution in [3.8, 4) is 11.8 Å². The van der Waals surface area contributed by atoms with Crippen LogP contribution in [0.4, 0.5) is 0 Å². The molecule has 0 amide bonds. The Hall–Kier alpha value is -0.190. The van der Waals surface area contributed by atoms with Crippen LogP contribution in [-0.2, 0) is 0 Å². The zero-order valence-corrected chi connectivity index (χ0v) is 11.9. The van der Waals surface area contributed by atoms with Crippen LogP contribution in [0, 0.1) is 11.8 Å². The Morgan fingerprint density at radius 2 is 1.76 bits per heavy atom. The summed E-state index contributed by atoms with van der Waals surface area (Å²) in [5.41, 5.74) is 0. The summed E-state index contributed by atoms with van der Waals surface area (Å²) in [6.07, 6.45) is 10.5. The molecule has 0 rings (SSSR count). The lowest BCUT2D eigenvalue weighted by molar-refractivity contribution is 0.166. The first kappa shape index (κ1) is 16.8. The molecule has 0 saturated heterocycles. The molecule has 1 N–H and O–H groups in total. The van der Waals surface area contributed by atoms with Crippen molar-refractivity contribution in [2.24, 2.45) is 0 Å². The van der Waals surface area contributed by atoms with Gasteiger partial charge in [0, 0.05) is 18.7 Å². The summed E-state index contributed by atoms with van der Waals surface area (Å²) in [5.74, 6) is 6.95. The highest BCUT2D eigenvalue weighted by Crippen LogP contribution is 2.07. The molecule has 17 heavy (non-hydrogen) atoms.